The van der Waals surface area contributed by atoms with E-state index in [9.17, 15) is 18.0 Å². The number of anilines is 1. The van der Waals surface area contributed by atoms with Crippen molar-refractivity contribution in [3.63, 3.8) is 0 Å². The number of ether oxygens (including phenoxy) is 1. The summed E-state index contributed by atoms with van der Waals surface area (Å²) in [5.41, 5.74) is 0.625. The number of sulfonamides is 1. The van der Waals surface area contributed by atoms with E-state index >= 15 is 0 Å². The summed E-state index contributed by atoms with van der Waals surface area (Å²) in [6.45, 7) is 0.947. The third-order valence-corrected chi connectivity index (χ3v) is 7.22. The highest BCUT2D eigenvalue weighted by atomic mass is 35.5. The van der Waals surface area contributed by atoms with Gasteiger partial charge in [0, 0.05) is 24.3 Å². The van der Waals surface area contributed by atoms with Crippen LogP contribution in [0, 0.1) is 0 Å². The molecule has 11 heteroatoms. The summed E-state index contributed by atoms with van der Waals surface area (Å²) >= 11 is 11.7. The maximum absolute atomic E-state index is 12.6. The molecule has 0 aliphatic carbocycles. The Balaban J connectivity index is 1.48. The lowest BCUT2D eigenvalue weighted by Crippen LogP contribution is -2.30. The molecule has 1 heterocycles. The normalized spacial score (nSPS) is 14.3. The molecule has 0 spiro atoms. The Labute approximate surface area is 190 Å². The smallest absolute Gasteiger partial charge is 0.411 e. The van der Waals surface area contributed by atoms with Gasteiger partial charge >= 0.3 is 6.09 Å². The van der Waals surface area contributed by atoms with Gasteiger partial charge in [-0.25, -0.2) is 13.2 Å². The molecule has 0 saturated carbocycles. The molecule has 0 unspecified atom stereocenters. The highest BCUT2D eigenvalue weighted by Gasteiger charge is 2.27. The molecule has 0 bridgehead atoms. The lowest BCUT2D eigenvalue weighted by molar-refractivity contribution is 0.0937. The second kappa shape index (κ2) is 10.3. The van der Waals surface area contributed by atoms with Crippen LogP contribution in [0.25, 0.3) is 0 Å². The number of carbonyl (C=O) groups excluding carboxylic acids is 2. The largest absolute Gasteiger partial charge is 0.447 e. The van der Waals surface area contributed by atoms with E-state index in [1.165, 1.54) is 40.7 Å². The van der Waals surface area contributed by atoms with Gasteiger partial charge in [0.1, 0.15) is 6.61 Å². The molecule has 166 valence electrons. The second-order valence-corrected chi connectivity index (χ2v) is 9.54. The Hall–Kier alpha value is -2.33. The Morgan fingerprint density at radius 1 is 1.03 bits per heavy atom. The molecule has 2 N–H and O–H groups in total. The van der Waals surface area contributed by atoms with E-state index in [0.29, 0.717) is 28.8 Å². The molecule has 3 rings (SSSR count). The molecule has 1 aliphatic heterocycles. The summed E-state index contributed by atoms with van der Waals surface area (Å²) in [4.78, 5) is 24.2. The van der Waals surface area contributed by atoms with Crippen LogP contribution in [0.15, 0.2) is 47.4 Å². The number of rotatable bonds is 7. The maximum atomic E-state index is 12.6. The minimum Gasteiger partial charge on any atom is -0.447 e. The quantitative estimate of drug-likeness (QED) is 0.580. The van der Waals surface area contributed by atoms with Crippen molar-refractivity contribution in [3.8, 4) is 0 Å². The molecule has 0 atom stereocenters. The number of amides is 2. The van der Waals surface area contributed by atoms with Gasteiger partial charge in [0.15, 0.2) is 0 Å². The number of hydrogen-bond acceptors (Lipinski definition) is 5. The standard InChI is InChI=1S/C20H21Cl2N3O5S/c21-17-7-6-15(13-18(17)22)24-20(27)30-11-8-23-19(26)14-4-3-5-16(12-14)31(28,29)25-9-1-2-10-25/h3-7,12-13H,1-2,8-11H2,(H,23,26)(H,24,27). The first-order chi connectivity index (χ1) is 14.8. The van der Waals surface area contributed by atoms with Gasteiger partial charge in [-0.1, -0.05) is 29.3 Å². The van der Waals surface area contributed by atoms with Crippen LogP contribution in [0.1, 0.15) is 23.2 Å². The van der Waals surface area contributed by atoms with E-state index in [1.807, 2.05) is 0 Å². The molecule has 0 radical (unpaired) electrons. The number of halogens is 2. The van der Waals surface area contributed by atoms with E-state index < -0.39 is 22.0 Å². The minimum atomic E-state index is -3.61. The summed E-state index contributed by atoms with van der Waals surface area (Å²) in [6, 6.07) is 10.5. The van der Waals surface area contributed by atoms with Gasteiger partial charge in [-0.2, -0.15) is 4.31 Å². The molecule has 2 aromatic rings. The summed E-state index contributed by atoms with van der Waals surface area (Å²) in [6.07, 6.45) is 0.946. The molecule has 1 aliphatic rings. The van der Waals surface area contributed by atoms with Crippen molar-refractivity contribution in [2.45, 2.75) is 17.7 Å². The molecule has 2 amide bonds. The van der Waals surface area contributed by atoms with Crippen LogP contribution in [0.5, 0.6) is 0 Å². The van der Waals surface area contributed by atoms with E-state index in [2.05, 4.69) is 10.6 Å². The van der Waals surface area contributed by atoms with Crippen molar-refractivity contribution in [3.05, 3.63) is 58.1 Å². The third kappa shape index (κ3) is 6.10. The lowest BCUT2D eigenvalue weighted by Gasteiger charge is -2.16. The Kier molecular flexibility index (Phi) is 7.77. The second-order valence-electron chi connectivity index (χ2n) is 6.78. The average Bonchev–Trinajstić information content (AvgIpc) is 3.30. The molecule has 8 nitrogen and oxygen atoms in total. The Morgan fingerprint density at radius 3 is 2.48 bits per heavy atom. The van der Waals surface area contributed by atoms with Gasteiger partial charge in [-0.3, -0.25) is 10.1 Å². The van der Waals surface area contributed by atoms with Crippen LogP contribution in [0.2, 0.25) is 10.0 Å². The van der Waals surface area contributed by atoms with Gasteiger partial charge in [0.05, 0.1) is 21.5 Å². The first-order valence-electron chi connectivity index (χ1n) is 9.54. The highest BCUT2D eigenvalue weighted by Crippen LogP contribution is 2.25. The zero-order chi connectivity index (χ0) is 22.4. The molecule has 1 fully saturated rings. The summed E-state index contributed by atoms with van der Waals surface area (Å²) in [7, 11) is -3.61. The molecular formula is C20H21Cl2N3O5S. The minimum absolute atomic E-state index is 0.0523. The van der Waals surface area contributed by atoms with Crippen LogP contribution in [-0.4, -0.2) is 51.0 Å². The van der Waals surface area contributed by atoms with Crippen LogP contribution in [0.3, 0.4) is 0 Å². The average molecular weight is 486 g/mol. The van der Waals surface area contributed by atoms with Gasteiger partial charge < -0.3 is 10.1 Å². The predicted molar refractivity (Wildman–Crippen MR) is 118 cm³/mol. The number of benzene rings is 2. The van der Waals surface area contributed by atoms with Crippen molar-refractivity contribution in [2.75, 3.05) is 31.6 Å². The fraction of sp³-hybridized carbons (Fsp3) is 0.300. The van der Waals surface area contributed by atoms with Crippen molar-refractivity contribution in [1.29, 1.82) is 0 Å². The van der Waals surface area contributed by atoms with Gasteiger partial charge in [-0.15, -0.1) is 0 Å². The van der Waals surface area contributed by atoms with Gasteiger partial charge in [0.25, 0.3) is 5.91 Å². The van der Waals surface area contributed by atoms with Gasteiger partial charge in [0.2, 0.25) is 10.0 Å². The SMILES string of the molecule is O=C(Nc1ccc(Cl)c(Cl)c1)OCCNC(=O)c1cccc(S(=O)(=O)N2CCCC2)c1. The summed E-state index contributed by atoms with van der Waals surface area (Å²) < 4.78 is 31.7. The van der Waals surface area contributed by atoms with Crippen molar-refractivity contribution < 1.29 is 22.7 Å². The fourth-order valence-corrected chi connectivity index (χ4v) is 4.88. The summed E-state index contributed by atoms with van der Waals surface area (Å²) in [5.74, 6) is -0.466. The fourth-order valence-electron chi connectivity index (χ4n) is 3.01. The van der Waals surface area contributed by atoms with Crippen LogP contribution < -0.4 is 10.6 Å². The molecule has 2 aromatic carbocycles. The molecule has 0 aromatic heterocycles. The first-order valence-corrected chi connectivity index (χ1v) is 11.7. The zero-order valence-corrected chi connectivity index (χ0v) is 18.8. The number of nitrogens with zero attached hydrogens (tertiary/aromatic N) is 1. The lowest BCUT2D eigenvalue weighted by atomic mass is 10.2. The highest BCUT2D eigenvalue weighted by molar-refractivity contribution is 7.89. The van der Waals surface area contributed by atoms with Crippen LogP contribution in [-0.2, 0) is 14.8 Å². The molecule has 1 saturated heterocycles. The number of carbonyl (C=O) groups is 2. The Bertz CT molecular complexity index is 1070. The van der Waals surface area contributed by atoms with Crippen molar-refractivity contribution >= 4 is 50.9 Å². The summed E-state index contributed by atoms with van der Waals surface area (Å²) in [5, 5.41) is 5.74. The monoisotopic (exact) mass is 485 g/mol. The van der Waals surface area contributed by atoms with Gasteiger partial charge in [-0.05, 0) is 49.2 Å². The van der Waals surface area contributed by atoms with Crippen LogP contribution in [0.4, 0.5) is 10.5 Å². The Morgan fingerprint density at radius 2 is 1.77 bits per heavy atom. The van der Waals surface area contributed by atoms with E-state index in [0.717, 1.165) is 12.8 Å². The topological polar surface area (TPSA) is 105 Å². The van der Waals surface area contributed by atoms with E-state index in [4.69, 9.17) is 27.9 Å². The van der Waals surface area contributed by atoms with E-state index in [-0.39, 0.29) is 23.6 Å². The van der Waals surface area contributed by atoms with Crippen molar-refractivity contribution in [1.82, 2.24) is 9.62 Å². The number of hydrogen-bond donors (Lipinski definition) is 2. The number of nitrogens with one attached hydrogen (secondary N) is 2. The predicted octanol–water partition coefficient (Wildman–Crippen LogP) is 3.76. The first kappa shape index (κ1) is 23.3. The third-order valence-electron chi connectivity index (χ3n) is 4.59. The van der Waals surface area contributed by atoms with E-state index in [1.54, 1.807) is 6.07 Å². The molecular weight excluding hydrogens is 465 g/mol. The molecule has 31 heavy (non-hydrogen) atoms. The van der Waals surface area contributed by atoms with Crippen LogP contribution >= 0.6 is 23.2 Å². The van der Waals surface area contributed by atoms with Crippen molar-refractivity contribution in [2.24, 2.45) is 0 Å². The maximum Gasteiger partial charge on any atom is 0.411 e. The zero-order valence-electron chi connectivity index (χ0n) is 16.4.